The lowest BCUT2D eigenvalue weighted by Crippen LogP contribution is -2.53. The second-order valence-electron chi connectivity index (χ2n) is 13.4. The summed E-state index contributed by atoms with van der Waals surface area (Å²) in [5.41, 5.74) is 1.81. The molecule has 3 saturated carbocycles. The topological polar surface area (TPSA) is 64.6 Å². The molecule has 1 aromatic carbocycles. The average molecular weight is 556 g/mol. The summed E-state index contributed by atoms with van der Waals surface area (Å²) >= 11 is 6.17. The van der Waals surface area contributed by atoms with Crippen molar-refractivity contribution in [3.05, 3.63) is 35.5 Å². The zero-order valence-corrected chi connectivity index (χ0v) is 24.5. The quantitative estimate of drug-likeness (QED) is 0.355. The van der Waals surface area contributed by atoms with E-state index in [0.29, 0.717) is 24.7 Å². The van der Waals surface area contributed by atoms with Crippen molar-refractivity contribution in [2.24, 2.45) is 11.8 Å². The highest BCUT2D eigenvalue weighted by Gasteiger charge is 2.45. The van der Waals surface area contributed by atoms with E-state index < -0.39 is 5.79 Å². The van der Waals surface area contributed by atoms with Crippen LogP contribution in [0, 0.1) is 11.8 Å². The lowest BCUT2D eigenvalue weighted by molar-refractivity contribution is -0.511. The average Bonchev–Trinajstić information content (AvgIpc) is 2.94. The molecular formula is C32H46ClN3O3. The van der Waals surface area contributed by atoms with Gasteiger partial charge in [-0.1, -0.05) is 11.6 Å². The highest BCUT2D eigenvalue weighted by atomic mass is 35.5. The van der Waals surface area contributed by atoms with Gasteiger partial charge in [0.2, 0.25) is 5.79 Å². The number of anilines is 1. The first-order valence-electron chi connectivity index (χ1n) is 15.4. The molecular weight excluding hydrogens is 510 g/mol. The van der Waals surface area contributed by atoms with Crippen molar-refractivity contribution < 1.29 is 14.5 Å². The molecule has 6 nitrogen and oxygen atoms in total. The van der Waals surface area contributed by atoms with Crippen LogP contribution in [0.3, 0.4) is 0 Å². The number of nitrogens with zero attached hydrogens (tertiary/aromatic N) is 1. The maximum absolute atomic E-state index is 6.17. The first kappa shape index (κ1) is 27.7. The zero-order chi connectivity index (χ0) is 26.9. The maximum Gasteiger partial charge on any atom is 0.201 e. The molecule has 1 aromatic heterocycles. The smallest absolute Gasteiger partial charge is 0.201 e. The Labute approximate surface area is 238 Å². The Morgan fingerprint density at radius 3 is 2.18 bits per heavy atom. The van der Waals surface area contributed by atoms with E-state index in [0.717, 1.165) is 53.4 Å². The molecule has 0 unspecified atom stereocenters. The van der Waals surface area contributed by atoms with Crippen LogP contribution in [0.4, 0.5) is 5.69 Å². The number of aromatic nitrogens is 1. The van der Waals surface area contributed by atoms with E-state index in [4.69, 9.17) is 26.1 Å². The Morgan fingerprint density at radius 1 is 0.846 bits per heavy atom. The molecule has 2 N–H and O–H groups in total. The number of hydrogen-bond donors (Lipinski definition) is 2. The first-order chi connectivity index (χ1) is 18.8. The van der Waals surface area contributed by atoms with Gasteiger partial charge < -0.3 is 15.4 Å². The molecule has 1 spiro atoms. The second-order valence-corrected chi connectivity index (χ2v) is 13.8. The van der Waals surface area contributed by atoms with Crippen molar-refractivity contribution in [3.63, 3.8) is 0 Å². The van der Waals surface area contributed by atoms with Gasteiger partial charge in [-0.3, -0.25) is 4.98 Å². The molecule has 2 aromatic rings. The fourth-order valence-corrected chi connectivity index (χ4v) is 7.54. The van der Waals surface area contributed by atoms with Gasteiger partial charge in [-0.25, -0.2) is 9.78 Å². The Kier molecular flexibility index (Phi) is 8.39. The van der Waals surface area contributed by atoms with E-state index in [1.165, 1.54) is 63.5 Å². The molecule has 1 aliphatic heterocycles. The molecule has 2 heterocycles. The van der Waals surface area contributed by atoms with Crippen molar-refractivity contribution in [3.8, 4) is 0 Å². The highest BCUT2D eigenvalue weighted by molar-refractivity contribution is 6.31. The van der Waals surface area contributed by atoms with Crippen LogP contribution in [0.25, 0.3) is 10.9 Å². The number of rotatable bonds is 6. The highest BCUT2D eigenvalue weighted by Crippen LogP contribution is 2.40. The van der Waals surface area contributed by atoms with Crippen LogP contribution in [-0.2, 0) is 14.5 Å². The predicted molar refractivity (Wildman–Crippen MR) is 157 cm³/mol. The molecule has 0 atom stereocenters. The van der Waals surface area contributed by atoms with Gasteiger partial charge in [0.05, 0.1) is 12.1 Å². The van der Waals surface area contributed by atoms with E-state index in [-0.39, 0.29) is 5.60 Å². The van der Waals surface area contributed by atoms with Crippen molar-refractivity contribution in [2.75, 3.05) is 11.9 Å². The van der Waals surface area contributed by atoms with Gasteiger partial charge in [0.25, 0.3) is 0 Å². The molecule has 39 heavy (non-hydrogen) atoms. The third-order valence-electron chi connectivity index (χ3n) is 9.75. The summed E-state index contributed by atoms with van der Waals surface area (Å²) in [5.74, 6) is 1.29. The van der Waals surface area contributed by atoms with Gasteiger partial charge in [0.1, 0.15) is 5.60 Å². The summed E-state index contributed by atoms with van der Waals surface area (Å²) in [4.78, 5) is 15.8. The van der Waals surface area contributed by atoms with E-state index >= 15 is 0 Å². The van der Waals surface area contributed by atoms with Crippen LogP contribution in [0.1, 0.15) is 97.3 Å². The van der Waals surface area contributed by atoms with Gasteiger partial charge >= 0.3 is 0 Å². The SMILES string of the molecule is CC1(C)COC2(CCC(NC3CCC(CC4CCC(Nc5ccnc6cc(Cl)ccc56)CC4)CC3)CC2)OO1. The molecule has 6 rings (SSSR count). The minimum absolute atomic E-state index is 0.347. The summed E-state index contributed by atoms with van der Waals surface area (Å²) in [6, 6.07) is 9.91. The van der Waals surface area contributed by atoms with Crippen LogP contribution in [0.2, 0.25) is 5.02 Å². The Morgan fingerprint density at radius 2 is 1.51 bits per heavy atom. The van der Waals surface area contributed by atoms with E-state index in [1.807, 2.05) is 32.2 Å². The first-order valence-corrected chi connectivity index (χ1v) is 15.8. The van der Waals surface area contributed by atoms with Crippen LogP contribution in [0.15, 0.2) is 30.5 Å². The Balaban J connectivity index is 0.890. The van der Waals surface area contributed by atoms with Gasteiger partial charge in [0, 0.05) is 53.3 Å². The van der Waals surface area contributed by atoms with Crippen LogP contribution >= 0.6 is 11.6 Å². The molecule has 0 radical (unpaired) electrons. The van der Waals surface area contributed by atoms with Crippen LogP contribution < -0.4 is 10.6 Å². The Bertz CT molecular complexity index is 1090. The molecule has 7 heteroatoms. The summed E-state index contributed by atoms with van der Waals surface area (Å²) in [5, 5.41) is 9.72. The molecule has 0 bridgehead atoms. The fraction of sp³-hybridized carbons (Fsp3) is 0.719. The number of ether oxygens (including phenoxy) is 1. The zero-order valence-electron chi connectivity index (χ0n) is 23.7. The van der Waals surface area contributed by atoms with Gasteiger partial charge in [-0.2, -0.15) is 0 Å². The molecule has 4 fully saturated rings. The summed E-state index contributed by atoms with van der Waals surface area (Å²) in [6.07, 6.45) is 18.0. The molecule has 4 aliphatic rings. The number of benzene rings is 1. The van der Waals surface area contributed by atoms with E-state index in [9.17, 15) is 0 Å². The van der Waals surface area contributed by atoms with E-state index in [1.54, 1.807) is 0 Å². The molecule has 0 amide bonds. The minimum atomic E-state index is -0.514. The Hall–Kier alpha value is -1.44. The van der Waals surface area contributed by atoms with Gasteiger partial charge in [-0.15, -0.1) is 0 Å². The van der Waals surface area contributed by atoms with E-state index in [2.05, 4.69) is 27.8 Å². The summed E-state index contributed by atoms with van der Waals surface area (Å²) < 4.78 is 6.12. The number of pyridine rings is 1. The van der Waals surface area contributed by atoms with Crippen molar-refractivity contribution in [1.29, 1.82) is 0 Å². The fourth-order valence-electron chi connectivity index (χ4n) is 7.37. The largest absolute Gasteiger partial charge is 0.382 e. The number of halogens is 1. The lowest BCUT2D eigenvalue weighted by Gasteiger charge is -2.45. The second kappa shape index (κ2) is 11.8. The lowest BCUT2D eigenvalue weighted by atomic mass is 9.75. The standard InChI is InChI=1S/C32H46ClN3O3/c1-31(2)21-37-32(39-38-31)16-13-27(14-17-32)35-25-8-3-22(4-9-25)19-23-5-10-26(11-6-23)36-29-15-18-34-30-20-24(33)7-12-28(29)30/h7,12,15,18,20,22-23,25-27,35H,3-6,8-11,13-14,16-17,19,21H2,1-2H3,(H,34,36). The molecule has 1 saturated heterocycles. The third-order valence-corrected chi connectivity index (χ3v) is 9.98. The third kappa shape index (κ3) is 6.90. The number of fused-ring (bicyclic) bond motifs is 1. The monoisotopic (exact) mass is 555 g/mol. The number of hydrogen-bond acceptors (Lipinski definition) is 6. The molecule has 3 aliphatic carbocycles. The van der Waals surface area contributed by atoms with Crippen molar-refractivity contribution in [1.82, 2.24) is 10.3 Å². The van der Waals surface area contributed by atoms with Crippen molar-refractivity contribution >= 4 is 28.2 Å². The summed E-state index contributed by atoms with van der Waals surface area (Å²) in [6.45, 7) is 4.62. The summed E-state index contributed by atoms with van der Waals surface area (Å²) in [7, 11) is 0. The van der Waals surface area contributed by atoms with Crippen LogP contribution in [-0.4, -0.2) is 41.1 Å². The predicted octanol–water partition coefficient (Wildman–Crippen LogP) is 7.79. The maximum atomic E-state index is 6.17. The van der Waals surface area contributed by atoms with Gasteiger partial charge in [-0.05, 0) is 121 Å². The minimum Gasteiger partial charge on any atom is -0.382 e. The number of nitrogens with one attached hydrogen (secondary N) is 2. The molecule has 214 valence electrons. The normalized spacial score (nSPS) is 35.2. The van der Waals surface area contributed by atoms with Crippen molar-refractivity contribution in [2.45, 2.75) is 127 Å². The van der Waals surface area contributed by atoms with Crippen LogP contribution in [0.5, 0.6) is 0 Å². The van der Waals surface area contributed by atoms with Gasteiger partial charge in [0.15, 0.2) is 0 Å².